The quantitative estimate of drug-likeness (QED) is 0.111. The van der Waals surface area contributed by atoms with Gasteiger partial charge in [0.05, 0.1) is 38.4 Å². The highest BCUT2D eigenvalue weighted by molar-refractivity contribution is 8.00. The van der Waals surface area contributed by atoms with E-state index in [4.69, 9.17) is 14.3 Å². The summed E-state index contributed by atoms with van der Waals surface area (Å²) in [5.74, 6) is -0.272. The molecular weight excluding hydrogens is 512 g/mol. The van der Waals surface area contributed by atoms with E-state index in [-0.39, 0.29) is 35.7 Å². The third kappa shape index (κ3) is 9.55. The highest BCUT2D eigenvalue weighted by atomic mass is 32.2. The first-order valence-corrected chi connectivity index (χ1v) is 14.4. The summed E-state index contributed by atoms with van der Waals surface area (Å²) in [7, 11) is 0. The van der Waals surface area contributed by atoms with Crippen molar-refractivity contribution in [3.8, 4) is 11.8 Å². The summed E-state index contributed by atoms with van der Waals surface area (Å²) in [6, 6.07) is 3.02. The molecule has 3 unspecified atom stereocenters. The Bertz CT molecular complexity index is 904. The van der Waals surface area contributed by atoms with Crippen molar-refractivity contribution in [2.75, 3.05) is 38.8 Å². The van der Waals surface area contributed by atoms with E-state index in [1.807, 2.05) is 25.6 Å². The van der Waals surface area contributed by atoms with Crippen LogP contribution in [-0.2, 0) is 14.3 Å². The largest absolute Gasteiger partial charge is 0.492 e. The number of fused-ring (bicyclic) bond motifs is 1. The minimum Gasteiger partial charge on any atom is -0.492 e. The van der Waals surface area contributed by atoms with Gasteiger partial charge in [0.1, 0.15) is 0 Å². The molecule has 3 heterocycles. The molecule has 38 heavy (non-hydrogen) atoms. The predicted octanol–water partition coefficient (Wildman–Crippen LogP) is 2.60. The van der Waals surface area contributed by atoms with Gasteiger partial charge in [0.25, 0.3) is 0 Å². The lowest BCUT2D eigenvalue weighted by Crippen LogP contribution is -2.36. The maximum atomic E-state index is 12.2. The van der Waals surface area contributed by atoms with E-state index in [0.29, 0.717) is 36.0 Å². The van der Waals surface area contributed by atoms with E-state index in [0.717, 1.165) is 44.6 Å². The number of amides is 2. The molecule has 2 aliphatic heterocycles. The molecule has 0 saturated carbocycles. The Hall–Kier alpha value is -2.15. The number of thioether (sulfide) groups is 1. The second-order valence-corrected chi connectivity index (χ2v) is 13.0. The number of aromatic hydroxyl groups is 2. The Morgan fingerprint density at radius 2 is 1.79 bits per heavy atom. The maximum Gasteiger partial charge on any atom is 0.333 e. The van der Waals surface area contributed by atoms with Crippen LogP contribution in [0.2, 0.25) is 0 Å². The van der Waals surface area contributed by atoms with Crippen molar-refractivity contribution in [3.05, 3.63) is 12.1 Å². The van der Waals surface area contributed by atoms with Gasteiger partial charge < -0.3 is 35.2 Å². The Labute approximate surface area is 229 Å². The minimum absolute atomic E-state index is 0.0270. The summed E-state index contributed by atoms with van der Waals surface area (Å²) >= 11 is 1.96. The molecule has 2 aliphatic rings. The van der Waals surface area contributed by atoms with Gasteiger partial charge >= 0.3 is 12.0 Å². The Kier molecular flexibility index (Phi) is 11.0. The van der Waals surface area contributed by atoms with Gasteiger partial charge in [-0.2, -0.15) is 11.8 Å². The number of aromatic nitrogens is 1. The standard InChI is InChI=1S/C26H44N4O7S/c1-25(2,12-22(33)37-30-20(31)9-10-21(30)32)15-36-16-26(3,4)14-27-17-35-11-7-5-6-8-19-23-18(13-38-19)28-24(34)29-23/h9-10,18-19,23,27,31-32H,5-8,11-17H2,1-4H3,(H2,28,29,34). The SMILES string of the molecule is CC(C)(CNCOCCCCCC1SCC2NC(=O)NC21)COCC(C)(C)CC(=O)On1c(O)ccc1O. The molecular formula is C26H44N4O7S. The van der Waals surface area contributed by atoms with Gasteiger partial charge in [-0.05, 0) is 18.3 Å². The first kappa shape index (κ1) is 30.4. The van der Waals surface area contributed by atoms with Crippen LogP contribution in [0.25, 0.3) is 0 Å². The zero-order valence-corrected chi connectivity index (χ0v) is 23.8. The van der Waals surface area contributed by atoms with Gasteiger partial charge in [-0.1, -0.05) is 40.5 Å². The van der Waals surface area contributed by atoms with Gasteiger partial charge in [-0.3, -0.25) is 5.32 Å². The highest BCUT2D eigenvalue weighted by Crippen LogP contribution is 2.33. The van der Waals surface area contributed by atoms with Gasteiger partial charge in [0.15, 0.2) is 0 Å². The van der Waals surface area contributed by atoms with Gasteiger partial charge in [0, 0.05) is 41.7 Å². The van der Waals surface area contributed by atoms with Crippen LogP contribution in [-0.4, -0.2) is 83.1 Å². The van der Waals surface area contributed by atoms with Crippen molar-refractivity contribution in [2.24, 2.45) is 10.8 Å². The summed E-state index contributed by atoms with van der Waals surface area (Å²) in [5, 5.41) is 29.1. The van der Waals surface area contributed by atoms with E-state index in [1.54, 1.807) is 0 Å². The molecule has 216 valence electrons. The molecule has 0 spiro atoms. The average Bonchev–Trinajstić information content (AvgIpc) is 3.47. The molecule has 0 aliphatic carbocycles. The van der Waals surface area contributed by atoms with E-state index in [9.17, 15) is 19.8 Å². The topological polar surface area (TPSA) is 143 Å². The van der Waals surface area contributed by atoms with E-state index >= 15 is 0 Å². The van der Waals surface area contributed by atoms with Crippen LogP contribution >= 0.6 is 11.8 Å². The molecule has 0 aromatic carbocycles. The van der Waals surface area contributed by atoms with Gasteiger partial charge in [0.2, 0.25) is 11.8 Å². The average molecular weight is 557 g/mol. The molecule has 3 atom stereocenters. The lowest BCUT2D eigenvalue weighted by atomic mass is 9.90. The van der Waals surface area contributed by atoms with Crippen molar-refractivity contribution in [1.29, 1.82) is 0 Å². The van der Waals surface area contributed by atoms with Crippen molar-refractivity contribution < 1.29 is 34.1 Å². The number of carbonyl (C=O) groups excluding carboxylic acids is 2. The third-order valence-corrected chi connectivity index (χ3v) is 8.13. The number of hydrogen-bond acceptors (Lipinski definition) is 9. The van der Waals surface area contributed by atoms with Crippen molar-refractivity contribution in [2.45, 2.75) is 77.1 Å². The molecule has 12 heteroatoms. The fraction of sp³-hybridized carbons (Fsp3) is 0.769. The molecule has 1 aromatic heterocycles. The van der Waals surface area contributed by atoms with Crippen LogP contribution in [0, 0.1) is 10.8 Å². The first-order chi connectivity index (χ1) is 18.0. The number of unbranched alkanes of at least 4 members (excludes halogenated alkanes) is 2. The van der Waals surface area contributed by atoms with Crippen molar-refractivity contribution in [3.63, 3.8) is 0 Å². The predicted molar refractivity (Wildman–Crippen MR) is 145 cm³/mol. The Morgan fingerprint density at radius 3 is 2.53 bits per heavy atom. The van der Waals surface area contributed by atoms with E-state index in [2.05, 4.69) is 29.8 Å². The van der Waals surface area contributed by atoms with Crippen LogP contribution in [0.1, 0.15) is 59.8 Å². The van der Waals surface area contributed by atoms with Gasteiger partial charge in [-0.25, -0.2) is 9.59 Å². The van der Waals surface area contributed by atoms with Crippen LogP contribution in [0.15, 0.2) is 12.1 Å². The zero-order chi connectivity index (χ0) is 27.8. The zero-order valence-electron chi connectivity index (χ0n) is 23.0. The molecule has 1 aromatic rings. The second-order valence-electron chi connectivity index (χ2n) is 11.8. The van der Waals surface area contributed by atoms with Crippen LogP contribution in [0.5, 0.6) is 11.8 Å². The number of hydrogen-bond donors (Lipinski definition) is 5. The first-order valence-electron chi connectivity index (χ1n) is 13.3. The fourth-order valence-electron chi connectivity index (χ4n) is 4.63. The highest BCUT2D eigenvalue weighted by Gasteiger charge is 2.42. The van der Waals surface area contributed by atoms with E-state index < -0.39 is 11.4 Å². The second kappa shape index (κ2) is 13.8. The molecule has 0 bridgehead atoms. The van der Waals surface area contributed by atoms with Crippen LogP contribution in [0.3, 0.4) is 0 Å². The molecule has 0 radical (unpaired) electrons. The third-order valence-electron chi connectivity index (χ3n) is 6.62. The number of ether oxygens (including phenoxy) is 2. The molecule has 3 rings (SSSR count). The molecule has 5 N–H and O–H groups in total. The monoisotopic (exact) mass is 556 g/mol. The lowest BCUT2D eigenvalue weighted by molar-refractivity contribution is -0.149. The van der Waals surface area contributed by atoms with Crippen LogP contribution in [0.4, 0.5) is 4.79 Å². The summed E-state index contributed by atoms with van der Waals surface area (Å²) < 4.78 is 12.3. The Balaban J connectivity index is 1.18. The normalized spacial score (nSPS) is 21.3. The smallest absolute Gasteiger partial charge is 0.333 e. The molecule has 2 fully saturated rings. The molecule has 11 nitrogen and oxygen atoms in total. The Morgan fingerprint density at radius 1 is 1.08 bits per heavy atom. The van der Waals surface area contributed by atoms with Crippen molar-refractivity contribution in [1.82, 2.24) is 20.7 Å². The number of nitrogens with one attached hydrogen (secondary N) is 3. The molecule has 2 saturated heterocycles. The summed E-state index contributed by atoms with van der Waals surface area (Å²) in [5.41, 5.74) is -0.605. The number of nitrogens with zero attached hydrogens (tertiary/aromatic N) is 1. The summed E-state index contributed by atoms with van der Waals surface area (Å²) in [4.78, 5) is 28.7. The molecule has 2 amide bonds. The maximum absolute atomic E-state index is 12.2. The summed E-state index contributed by atoms with van der Waals surface area (Å²) in [6.07, 6.45) is 4.46. The lowest BCUT2D eigenvalue weighted by Gasteiger charge is -2.28. The van der Waals surface area contributed by atoms with Crippen LogP contribution < -0.4 is 20.8 Å². The summed E-state index contributed by atoms with van der Waals surface area (Å²) in [6.45, 7) is 10.8. The number of urea groups is 1. The minimum atomic E-state index is -0.579. The number of carbonyl (C=O) groups is 2. The van der Waals surface area contributed by atoms with Crippen molar-refractivity contribution >= 4 is 23.8 Å². The number of rotatable bonds is 17. The van der Waals surface area contributed by atoms with Gasteiger partial charge in [-0.15, -0.1) is 4.73 Å². The fourth-order valence-corrected chi connectivity index (χ4v) is 6.17. The van der Waals surface area contributed by atoms with E-state index in [1.165, 1.54) is 12.1 Å².